The zero-order chi connectivity index (χ0) is 18.2. The number of hydrogen-bond donors (Lipinski definition) is 1. The molecule has 0 spiro atoms. The quantitative estimate of drug-likeness (QED) is 0.693. The second-order valence-corrected chi connectivity index (χ2v) is 10.6. The molecule has 1 aromatic heterocycles. The van der Waals surface area contributed by atoms with Crippen LogP contribution in [0.25, 0.3) is 0 Å². The first-order chi connectivity index (χ1) is 11.7. The predicted octanol–water partition coefficient (Wildman–Crippen LogP) is -0.849. The summed E-state index contributed by atoms with van der Waals surface area (Å²) in [5, 5.41) is 3.02. The first-order valence-corrected chi connectivity index (χ1v) is 11.8. The smallest absolute Gasteiger partial charge is 0.222 e. The van der Waals surface area contributed by atoms with Crippen LogP contribution in [0, 0.1) is 0 Å². The molecule has 1 aromatic rings. The van der Waals surface area contributed by atoms with Gasteiger partial charge in [0.05, 0.1) is 23.8 Å². The summed E-state index contributed by atoms with van der Waals surface area (Å²) in [5.41, 5.74) is 0.873. The van der Waals surface area contributed by atoms with Gasteiger partial charge in [-0.1, -0.05) is 0 Å². The third-order valence-corrected chi connectivity index (χ3v) is 7.60. The number of sulfonamides is 1. The highest BCUT2D eigenvalue weighted by atomic mass is 32.2. The summed E-state index contributed by atoms with van der Waals surface area (Å²) >= 11 is 0. The van der Waals surface area contributed by atoms with Crippen molar-refractivity contribution in [2.24, 2.45) is 0 Å². The van der Waals surface area contributed by atoms with Crippen LogP contribution in [0.2, 0.25) is 0 Å². The maximum absolute atomic E-state index is 12.1. The highest BCUT2D eigenvalue weighted by molar-refractivity contribution is 7.92. The Kier molecular flexibility index (Phi) is 5.02. The molecule has 1 N–H and O–H groups in total. The van der Waals surface area contributed by atoms with Crippen molar-refractivity contribution in [2.45, 2.75) is 25.6 Å². The standard InChI is InChI=1S/C14H23N5O4S2/c1-3-15-14-16-6-11(7-17-14)8-18-4-5-19(24(2,20)21)13-10-25(22,23)9-12(13)18/h6-7,12-13H,3-5,8-10H2,1-2H3,(H,15,16,17)/t12-,13+/m1/s1. The van der Waals surface area contributed by atoms with Gasteiger partial charge in [-0.25, -0.2) is 26.8 Å². The second-order valence-electron chi connectivity index (χ2n) is 6.50. The van der Waals surface area contributed by atoms with E-state index in [1.54, 1.807) is 12.4 Å². The fourth-order valence-electron chi connectivity index (χ4n) is 3.52. The molecule has 3 rings (SSSR count). The second kappa shape index (κ2) is 6.78. The van der Waals surface area contributed by atoms with E-state index in [0.29, 0.717) is 25.6 Å². The minimum absolute atomic E-state index is 0.0139. The summed E-state index contributed by atoms with van der Waals surface area (Å²) in [6.45, 7) is 3.97. The lowest BCUT2D eigenvalue weighted by Gasteiger charge is -2.42. The number of piperazine rings is 1. The molecule has 2 saturated heterocycles. The molecule has 9 nitrogen and oxygen atoms in total. The fourth-order valence-corrected chi connectivity index (χ4v) is 6.75. The van der Waals surface area contributed by atoms with Gasteiger partial charge in [-0.2, -0.15) is 4.31 Å². The van der Waals surface area contributed by atoms with Crippen molar-refractivity contribution in [3.05, 3.63) is 18.0 Å². The molecule has 25 heavy (non-hydrogen) atoms. The van der Waals surface area contributed by atoms with Gasteiger partial charge in [0.25, 0.3) is 0 Å². The van der Waals surface area contributed by atoms with Crippen LogP contribution in [0.15, 0.2) is 12.4 Å². The molecule has 0 aliphatic carbocycles. The lowest BCUT2D eigenvalue weighted by atomic mass is 10.1. The fraction of sp³-hybridized carbons (Fsp3) is 0.714. The van der Waals surface area contributed by atoms with Crippen LogP contribution >= 0.6 is 0 Å². The Hall–Kier alpha value is -1.30. The minimum atomic E-state index is -3.43. The Morgan fingerprint density at radius 1 is 1.20 bits per heavy atom. The summed E-state index contributed by atoms with van der Waals surface area (Å²) in [4.78, 5) is 10.5. The van der Waals surface area contributed by atoms with E-state index in [0.717, 1.165) is 18.4 Å². The molecule has 0 radical (unpaired) electrons. The van der Waals surface area contributed by atoms with Crippen LogP contribution < -0.4 is 5.32 Å². The maximum Gasteiger partial charge on any atom is 0.222 e. The number of hydrogen-bond acceptors (Lipinski definition) is 8. The lowest BCUT2D eigenvalue weighted by Crippen LogP contribution is -2.59. The Balaban J connectivity index is 1.79. The van der Waals surface area contributed by atoms with E-state index in [-0.39, 0.29) is 17.5 Å². The average molecular weight is 390 g/mol. The maximum atomic E-state index is 12.1. The molecule has 3 heterocycles. The van der Waals surface area contributed by atoms with Gasteiger partial charge in [-0.15, -0.1) is 0 Å². The van der Waals surface area contributed by atoms with Gasteiger partial charge >= 0.3 is 0 Å². The molecular formula is C14H23N5O4S2. The molecule has 140 valence electrons. The molecule has 0 saturated carbocycles. The largest absolute Gasteiger partial charge is 0.355 e. The highest BCUT2D eigenvalue weighted by Crippen LogP contribution is 2.29. The van der Waals surface area contributed by atoms with Crippen LogP contribution in [0.1, 0.15) is 12.5 Å². The van der Waals surface area contributed by atoms with Crippen molar-refractivity contribution in [1.29, 1.82) is 0 Å². The van der Waals surface area contributed by atoms with Gasteiger partial charge in [0.2, 0.25) is 16.0 Å². The van der Waals surface area contributed by atoms with E-state index in [4.69, 9.17) is 0 Å². The van der Waals surface area contributed by atoms with E-state index in [2.05, 4.69) is 15.3 Å². The normalized spacial score (nSPS) is 27.1. The summed E-state index contributed by atoms with van der Waals surface area (Å²) in [5.74, 6) is 0.423. The monoisotopic (exact) mass is 389 g/mol. The molecule has 0 unspecified atom stereocenters. The molecule has 11 heteroatoms. The van der Waals surface area contributed by atoms with E-state index < -0.39 is 25.9 Å². The van der Waals surface area contributed by atoms with Crippen molar-refractivity contribution in [3.8, 4) is 0 Å². The Labute approximate surface area is 148 Å². The van der Waals surface area contributed by atoms with Crippen LogP contribution in [0.5, 0.6) is 0 Å². The number of sulfone groups is 1. The summed E-state index contributed by atoms with van der Waals surface area (Å²) in [6.07, 6.45) is 4.57. The van der Waals surface area contributed by atoms with Crippen LogP contribution in [0.4, 0.5) is 5.95 Å². The summed E-state index contributed by atoms with van der Waals surface area (Å²) in [7, 11) is -6.68. The molecule has 0 aromatic carbocycles. The minimum Gasteiger partial charge on any atom is -0.355 e. The lowest BCUT2D eigenvalue weighted by molar-refractivity contribution is 0.0893. The van der Waals surface area contributed by atoms with E-state index in [1.165, 1.54) is 4.31 Å². The first kappa shape index (κ1) is 18.5. The molecule has 2 fully saturated rings. The third-order valence-electron chi connectivity index (χ3n) is 4.59. The number of nitrogens with zero attached hydrogens (tertiary/aromatic N) is 4. The summed E-state index contributed by atoms with van der Waals surface area (Å²) in [6, 6.07) is -0.849. The van der Waals surface area contributed by atoms with Crippen LogP contribution in [-0.2, 0) is 26.4 Å². The van der Waals surface area contributed by atoms with E-state index >= 15 is 0 Å². The molecule has 0 bridgehead atoms. The molecular weight excluding hydrogens is 366 g/mol. The predicted molar refractivity (Wildman–Crippen MR) is 94.4 cm³/mol. The van der Waals surface area contributed by atoms with Crippen LogP contribution in [-0.4, -0.2) is 85.5 Å². The van der Waals surface area contributed by atoms with Crippen molar-refractivity contribution in [2.75, 3.05) is 42.7 Å². The Morgan fingerprint density at radius 2 is 1.84 bits per heavy atom. The molecule has 0 amide bonds. The van der Waals surface area contributed by atoms with Crippen molar-refractivity contribution >= 4 is 25.8 Å². The SMILES string of the molecule is CCNc1ncc(CN2CCN(S(C)(=O)=O)[C@H]3CS(=O)(=O)C[C@H]32)cn1. The van der Waals surface area contributed by atoms with Crippen molar-refractivity contribution in [1.82, 2.24) is 19.2 Å². The molecule has 2 aliphatic rings. The topological polar surface area (TPSA) is 113 Å². The van der Waals surface area contributed by atoms with Crippen molar-refractivity contribution in [3.63, 3.8) is 0 Å². The Morgan fingerprint density at radius 3 is 2.44 bits per heavy atom. The Bertz CT molecular complexity index is 825. The van der Waals surface area contributed by atoms with Gasteiger partial charge in [-0.3, -0.25) is 4.90 Å². The van der Waals surface area contributed by atoms with Gasteiger partial charge in [0.15, 0.2) is 9.84 Å². The number of nitrogens with one attached hydrogen (secondary N) is 1. The van der Waals surface area contributed by atoms with Crippen molar-refractivity contribution < 1.29 is 16.8 Å². The first-order valence-electron chi connectivity index (χ1n) is 8.15. The number of anilines is 1. The third kappa shape index (κ3) is 4.10. The van der Waals surface area contributed by atoms with E-state index in [9.17, 15) is 16.8 Å². The zero-order valence-corrected chi connectivity index (χ0v) is 15.9. The molecule has 2 aliphatic heterocycles. The highest BCUT2D eigenvalue weighted by Gasteiger charge is 2.49. The average Bonchev–Trinajstić information content (AvgIpc) is 2.83. The summed E-state index contributed by atoms with van der Waals surface area (Å²) < 4.78 is 49.5. The van der Waals surface area contributed by atoms with Gasteiger partial charge < -0.3 is 5.32 Å². The van der Waals surface area contributed by atoms with Gasteiger partial charge in [-0.05, 0) is 6.92 Å². The van der Waals surface area contributed by atoms with E-state index in [1.807, 2.05) is 11.8 Å². The molecule has 2 atom stereocenters. The van der Waals surface area contributed by atoms with Gasteiger partial charge in [0, 0.05) is 50.2 Å². The van der Waals surface area contributed by atoms with Gasteiger partial charge in [0.1, 0.15) is 0 Å². The number of fused-ring (bicyclic) bond motifs is 1. The van der Waals surface area contributed by atoms with Crippen LogP contribution in [0.3, 0.4) is 0 Å². The number of rotatable bonds is 5. The zero-order valence-electron chi connectivity index (χ0n) is 14.3. The number of aromatic nitrogens is 2.